The molecule has 0 bridgehead atoms. The van der Waals surface area contributed by atoms with Gasteiger partial charge in [-0.15, -0.1) is 0 Å². The minimum atomic E-state index is -0.242. The van der Waals surface area contributed by atoms with Crippen LogP contribution < -0.4 is 20.3 Å². The molecule has 0 unspecified atom stereocenters. The summed E-state index contributed by atoms with van der Waals surface area (Å²) in [4.78, 5) is 25.8. The van der Waals surface area contributed by atoms with Crippen LogP contribution in [0.4, 0.5) is 17.1 Å². The van der Waals surface area contributed by atoms with Crippen LogP contribution in [0.15, 0.2) is 48.5 Å². The molecule has 2 aromatic carbocycles. The van der Waals surface area contributed by atoms with Crippen LogP contribution in [0.1, 0.15) is 0 Å². The van der Waals surface area contributed by atoms with E-state index in [0.717, 1.165) is 5.69 Å². The fourth-order valence-corrected chi connectivity index (χ4v) is 2.46. The number of hydrogen-bond acceptors (Lipinski definition) is 4. The molecule has 0 aliphatic carbocycles. The number of carbonyl (C=O) groups excluding carboxylic acids is 2. The lowest BCUT2D eigenvalue weighted by Gasteiger charge is -2.30. The summed E-state index contributed by atoms with van der Waals surface area (Å²) in [6.45, 7) is 0.119. The van der Waals surface area contributed by atoms with Crippen molar-refractivity contribution in [2.24, 2.45) is 0 Å². The summed E-state index contributed by atoms with van der Waals surface area (Å²) in [5, 5.41) is 5.82. The third-order valence-electron chi connectivity index (χ3n) is 3.58. The number of nitrogens with zero attached hydrogens (tertiary/aromatic N) is 1. The lowest BCUT2D eigenvalue weighted by atomic mass is 10.2. The van der Waals surface area contributed by atoms with Crippen molar-refractivity contribution < 1.29 is 14.3 Å². The van der Waals surface area contributed by atoms with Gasteiger partial charge >= 0.3 is 0 Å². The number of para-hydroxylation sites is 1. The van der Waals surface area contributed by atoms with Gasteiger partial charge in [0.25, 0.3) is 0 Å². The second kappa shape index (κ2) is 6.39. The molecule has 0 fully saturated rings. The lowest BCUT2D eigenvalue weighted by molar-refractivity contribution is -0.120. The molecule has 2 amide bonds. The Morgan fingerprint density at radius 2 is 2.04 bits per heavy atom. The van der Waals surface area contributed by atoms with Gasteiger partial charge in [-0.05, 0) is 24.3 Å². The summed E-state index contributed by atoms with van der Waals surface area (Å²) in [6, 6.07) is 14.5. The maximum Gasteiger partial charge on any atom is 0.246 e. The monoisotopic (exact) mass is 311 g/mol. The molecule has 6 heteroatoms. The van der Waals surface area contributed by atoms with Crippen LogP contribution in [-0.2, 0) is 9.59 Å². The molecule has 0 radical (unpaired) electrons. The number of hydrogen-bond donors (Lipinski definition) is 2. The van der Waals surface area contributed by atoms with Crippen LogP contribution >= 0.6 is 0 Å². The first-order valence-electron chi connectivity index (χ1n) is 7.24. The zero-order valence-corrected chi connectivity index (χ0v) is 12.7. The molecule has 2 aromatic rings. The van der Waals surface area contributed by atoms with Crippen molar-refractivity contribution in [1.29, 1.82) is 0 Å². The lowest BCUT2D eigenvalue weighted by Crippen LogP contribution is -2.44. The van der Waals surface area contributed by atoms with Gasteiger partial charge < -0.3 is 15.4 Å². The molecule has 1 heterocycles. The average molecular weight is 311 g/mol. The van der Waals surface area contributed by atoms with Gasteiger partial charge in [-0.1, -0.05) is 18.2 Å². The molecule has 0 atom stereocenters. The zero-order chi connectivity index (χ0) is 16.2. The molecule has 0 spiro atoms. The highest BCUT2D eigenvalue weighted by Crippen LogP contribution is 2.32. The van der Waals surface area contributed by atoms with Crippen LogP contribution in [0, 0.1) is 0 Å². The topological polar surface area (TPSA) is 70.7 Å². The van der Waals surface area contributed by atoms with E-state index in [-0.39, 0.29) is 24.9 Å². The summed E-state index contributed by atoms with van der Waals surface area (Å²) in [5.74, 6) is 0.304. The zero-order valence-electron chi connectivity index (χ0n) is 12.7. The van der Waals surface area contributed by atoms with E-state index in [1.165, 1.54) is 4.90 Å². The van der Waals surface area contributed by atoms with Crippen molar-refractivity contribution in [2.45, 2.75) is 0 Å². The Morgan fingerprint density at radius 1 is 1.26 bits per heavy atom. The van der Waals surface area contributed by atoms with Crippen molar-refractivity contribution in [3.8, 4) is 5.75 Å². The fourth-order valence-electron chi connectivity index (χ4n) is 2.46. The third-order valence-corrected chi connectivity index (χ3v) is 3.58. The largest absolute Gasteiger partial charge is 0.497 e. The number of nitrogens with one attached hydrogen (secondary N) is 2. The number of ether oxygens (including phenoxy) is 1. The van der Waals surface area contributed by atoms with E-state index in [1.807, 2.05) is 24.3 Å². The molecule has 0 saturated carbocycles. The predicted molar refractivity (Wildman–Crippen MR) is 88.9 cm³/mol. The Kier molecular flexibility index (Phi) is 4.14. The van der Waals surface area contributed by atoms with E-state index in [4.69, 9.17) is 4.74 Å². The molecule has 118 valence electrons. The molecule has 1 aliphatic rings. The first kappa shape index (κ1) is 14.9. The molecule has 6 nitrogen and oxygen atoms in total. The van der Waals surface area contributed by atoms with Crippen LogP contribution in [0.3, 0.4) is 0 Å². The summed E-state index contributed by atoms with van der Waals surface area (Å²) >= 11 is 0. The average Bonchev–Trinajstić information content (AvgIpc) is 2.58. The third kappa shape index (κ3) is 3.26. The first-order valence-corrected chi connectivity index (χ1v) is 7.24. The number of methoxy groups -OCH3 is 1. The molecule has 2 N–H and O–H groups in total. The first-order chi connectivity index (χ1) is 11.2. The van der Waals surface area contributed by atoms with Crippen molar-refractivity contribution in [3.05, 3.63) is 48.5 Å². The molecule has 1 aliphatic heterocycles. The van der Waals surface area contributed by atoms with Crippen LogP contribution in [-0.4, -0.2) is 32.0 Å². The van der Waals surface area contributed by atoms with E-state index in [1.54, 1.807) is 31.4 Å². The highest BCUT2D eigenvalue weighted by Gasteiger charge is 2.26. The van der Waals surface area contributed by atoms with Gasteiger partial charge in [0.15, 0.2) is 0 Å². The summed E-state index contributed by atoms with van der Waals surface area (Å²) in [7, 11) is 1.58. The molecule has 23 heavy (non-hydrogen) atoms. The predicted octanol–water partition coefficient (Wildman–Crippen LogP) is 2.09. The number of anilines is 3. The molecule has 3 rings (SSSR count). The Labute approximate surface area is 134 Å². The van der Waals surface area contributed by atoms with Crippen LogP contribution in [0.2, 0.25) is 0 Å². The molecular weight excluding hydrogens is 294 g/mol. The highest BCUT2D eigenvalue weighted by atomic mass is 16.5. The quantitative estimate of drug-likeness (QED) is 0.907. The Balaban J connectivity index is 1.77. The van der Waals surface area contributed by atoms with E-state index in [0.29, 0.717) is 17.1 Å². The molecule has 0 saturated heterocycles. The fraction of sp³-hybridized carbons (Fsp3) is 0.176. The second-order valence-corrected chi connectivity index (χ2v) is 5.13. The Hall–Kier alpha value is -3.02. The Morgan fingerprint density at radius 3 is 2.78 bits per heavy atom. The van der Waals surface area contributed by atoms with Crippen molar-refractivity contribution >= 4 is 28.9 Å². The van der Waals surface area contributed by atoms with Crippen molar-refractivity contribution in [3.63, 3.8) is 0 Å². The Bertz CT molecular complexity index is 731. The number of fused-ring (bicyclic) bond motifs is 1. The van der Waals surface area contributed by atoms with E-state index in [9.17, 15) is 9.59 Å². The maximum absolute atomic E-state index is 12.2. The van der Waals surface area contributed by atoms with Gasteiger partial charge in [-0.3, -0.25) is 14.5 Å². The van der Waals surface area contributed by atoms with Crippen molar-refractivity contribution in [2.75, 3.05) is 35.7 Å². The van der Waals surface area contributed by atoms with E-state index < -0.39 is 0 Å². The van der Waals surface area contributed by atoms with Gasteiger partial charge in [0, 0.05) is 11.8 Å². The molecular formula is C17H17N3O3. The van der Waals surface area contributed by atoms with Gasteiger partial charge in [0.1, 0.15) is 12.3 Å². The number of amides is 2. The van der Waals surface area contributed by atoms with E-state index >= 15 is 0 Å². The number of carbonyl (C=O) groups is 2. The van der Waals surface area contributed by atoms with Crippen molar-refractivity contribution in [1.82, 2.24) is 0 Å². The highest BCUT2D eigenvalue weighted by molar-refractivity contribution is 6.08. The summed E-state index contributed by atoms with van der Waals surface area (Å²) in [6.07, 6.45) is 0. The number of rotatable bonds is 4. The SMILES string of the molecule is COc1ccc2c(c1)NCC(=O)N2CC(=O)Nc1ccccc1. The molecule has 0 aromatic heterocycles. The normalized spacial score (nSPS) is 13.1. The van der Waals surface area contributed by atoms with Crippen LogP contribution in [0.25, 0.3) is 0 Å². The van der Waals surface area contributed by atoms with Crippen LogP contribution in [0.5, 0.6) is 5.75 Å². The minimum absolute atomic E-state index is 0.0330. The van der Waals surface area contributed by atoms with E-state index in [2.05, 4.69) is 10.6 Å². The summed E-state index contributed by atoms with van der Waals surface area (Å²) in [5.41, 5.74) is 2.15. The van der Waals surface area contributed by atoms with Gasteiger partial charge in [-0.25, -0.2) is 0 Å². The summed E-state index contributed by atoms with van der Waals surface area (Å²) < 4.78 is 5.18. The number of benzene rings is 2. The smallest absolute Gasteiger partial charge is 0.246 e. The minimum Gasteiger partial charge on any atom is -0.497 e. The van der Waals surface area contributed by atoms with Gasteiger partial charge in [0.05, 0.1) is 25.0 Å². The van der Waals surface area contributed by atoms with Gasteiger partial charge in [-0.2, -0.15) is 0 Å². The van der Waals surface area contributed by atoms with Gasteiger partial charge in [0.2, 0.25) is 11.8 Å². The standard InChI is InChI=1S/C17H17N3O3/c1-23-13-7-8-15-14(9-13)18-10-17(22)20(15)11-16(21)19-12-5-3-2-4-6-12/h2-9,18H,10-11H2,1H3,(H,19,21). The second-order valence-electron chi connectivity index (χ2n) is 5.13. The maximum atomic E-state index is 12.2.